The number of carbonyl (C=O) groups is 1. The molecule has 31 heavy (non-hydrogen) atoms. The molecule has 1 fully saturated rings. The highest BCUT2D eigenvalue weighted by atomic mass is 35.5. The molecule has 0 aliphatic carbocycles. The number of rotatable bonds is 3. The fraction of sp³-hybridized carbons (Fsp3) is 0.391. The van der Waals surface area contributed by atoms with Gasteiger partial charge in [-0.05, 0) is 47.7 Å². The smallest absolute Gasteiger partial charge is 0.317 e. The summed E-state index contributed by atoms with van der Waals surface area (Å²) >= 11 is 6.33. The highest BCUT2D eigenvalue weighted by Gasteiger charge is 2.27. The third-order valence-corrected chi connectivity index (χ3v) is 6.42. The molecule has 2 amide bonds. The number of benzene rings is 1. The van der Waals surface area contributed by atoms with E-state index in [-0.39, 0.29) is 12.1 Å². The Kier molecular flexibility index (Phi) is 5.56. The number of fused-ring (bicyclic) bond motifs is 2. The van der Waals surface area contributed by atoms with Gasteiger partial charge in [0.05, 0.1) is 24.3 Å². The molecule has 2 aromatic heterocycles. The van der Waals surface area contributed by atoms with Crippen LogP contribution in [0.4, 0.5) is 4.79 Å². The topological polar surface area (TPSA) is 82.3 Å². The minimum Gasteiger partial charge on any atom is -0.378 e. The van der Waals surface area contributed by atoms with Gasteiger partial charge in [0.15, 0.2) is 0 Å². The summed E-state index contributed by atoms with van der Waals surface area (Å²) in [5.74, 6) is 0. The number of pyridine rings is 1. The Bertz CT molecular complexity index is 1120. The third kappa shape index (κ3) is 3.89. The molecule has 7 nitrogen and oxygen atoms in total. The van der Waals surface area contributed by atoms with E-state index < -0.39 is 0 Å². The molecule has 0 unspecified atom stereocenters. The fourth-order valence-electron chi connectivity index (χ4n) is 4.51. The standard InChI is InChI=1S/C23H26ClN5O2/c1-2-25-23(30)29-5-3-14-7-15(16-9-18-20(24)11-28-22(18)27-10-16)8-17(19(14)12-29)21-13-31-6-4-26-21/h7-11,21,26H,2-6,12-13H2,1H3,(H,25,30)(H,27,28)/t21-/m0/s1. The molecular formula is C23H26ClN5O2. The van der Waals surface area contributed by atoms with Gasteiger partial charge in [-0.25, -0.2) is 9.78 Å². The number of nitrogens with zero attached hydrogens (tertiary/aromatic N) is 2. The van der Waals surface area contributed by atoms with Gasteiger partial charge in [0.25, 0.3) is 0 Å². The molecule has 0 bridgehead atoms. The van der Waals surface area contributed by atoms with Gasteiger partial charge in [-0.1, -0.05) is 17.7 Å². The number of ether oxygens (including phenoxy) is 1. The molecule has 8 heteroatoms. The van der Waals surface area contributed by atoms with E-state index in [4.69, 9.17) is 16.3 Å². The van der Waals surface area contributed by atoms with Crippen molar-refractivity contribution in [3.05, 3.63) is 52.3 Å². The number of nitrogens with one attached hydrogen (secondary N) is 3. The number of amides is 2. The maximum absolute atomic E-state index is 12.5. The molecule has 0 radical (unpaired) electrons. The summed E-state index contributed by atoms with van der Waals surface area (Å²) in [7, 11) is 0. The minimum absolute atomic E-state index is 0.00668. The van der Waals surface area contributed by atoms with Crippen LogP contribution in [-0.4, -0.2) is 53.7 Å². The van der Waals surface area contributed by atoms with E-state index in [1.54, 1.807) is 6.20 Å². The third-order valence-electron chi connectivity index (χ3n) is 6.10. The Morgan fingerprint density at radius 2 is 2.26 bits per heavy atom. The lowest BCUT2D eigenvalue weighted by atomic mass is 9.87. The maximum atomic E-state index is 12.5. The summed E-state index contributed by atoms with van der Waals surface area (Å²) in [4.78, 5) is 22.0. The number of carbonyl (C=O) groups excluding carboxylic acids is 1. The van der Waals surface area contributed by atoms with Crippen molar-refractivity contribution in [2.75, 3.05) is 32.8 Å². The predicted molar refractivity (Wildman–Crippen MR) is 121 cm³/mol. The van der Waals surface area contributed by atoms with Crippen molar-refractivity contribution in [2.24, 2.45) is 0 Å². The minimum atomic E-state index is -0.00668. The molecule has 1 saturated heterocycles. The van der Waals surface area contributed by atoms with E-state index in [1.807, 2.05) is 18.0 Å². The maximum Gasteiger partial charge on any atom is 0.317 e. The quantitative estimate of drug-likeness (QED) is 0.582. The lowest BCUT2D eigenvalue weighted by molar-refractivity contribution is 0.0763. The number of hydrogen-bond donors (Lipinski definition) is 3. The fourth-order valence-corrected chi connectivity index (χ4v) is 4.70. The number of halogens is 1. The van der Waals surface area contributed by atoms with Gasteiger partial charge >= 0.3 is 6.03 Å². The van der Waals surface area contributed by atoms with Crippen LogP contribution in [-0.2, 0) is 17.7 Å². The average molecular weight is 440 g/mol. The van der Waals surface area contributed by atoms with Gasteiger partial charge in [-0.15, -0.1) is 0 Å². The van der Waals surface area contributed by atoms with Crippen molar-refractivity contribution in [3.8, 4) is 11.1 Å². The zero-order chi connectivity index (χ0) is 21.4. The SMILES string of the molecule is CCNC(=O)N1CCc2cc(-c3cnc4[nH]cc(Cl)c4c3)cc([C@@H]3COCCN3)c2C1. The lowest BCUT2D eigenvalue weighted by Gasteiger charge is -2.34. The highest BCUT2D eigenvalue weighted by molar-refractivity contribution is 6.35. The first-order valence-corrected chi connectivity index (χ1v) is 11.1. The molecule has 0 spiro atoms. The summed E-state index contributed by atoms with van der Waals surface area (Å²) in [5.41, 5.74) is 6.62. The van der Waals surface area contributed by atoms with Crippen molar-refractivity contribution >= 4 is 28.7 Å². The summed E-state index contributed by atoms with van der Waals surface area (Å²) in [5, 5.41) is 8.09. The first kappa shape index (κ1) is 20.3. The summed E-state index contributed by atoms with van der Waals surface area (Å²) < 4.78 is 5.76. The van der Waals surface area contributed by atoms with Crippen LogP contribution in [0.3, 0.4) is 0 Å². The first-order valence-electron chi connectivity index (χ1n) is 10.8. The number of H-pyrrole nitrogens is 1. The van der Waals surface area contributed by atoms with E-state index in [9.17, 15) is 4.79 Å². The van der Waals surface area contributed by atoms with Crippen LogP contribution in [0.2, 0.25) is 5.02 Å². The normalized spacial score (nSPS) is 18.8. The Hall–Kier alpha value is -2.61. The van der Waals surface area contributed by atoms with Crippen molar-refractivity contribution in [3.63, 3.8) is 0 Å². The van der Waals surface area contributed by atoms with E-state index in [2.05, 4.69) is 38.8 Å². The zero-order valence-corrected chi connectivity index (χ0v) is 18.3. The van der Waals surface area contributed by atoms with E-state index >= 15 is 0 Å². The van der Waals surface area contributed by atoms with Crippen LogP contribution in [0.15, 0.2) is 30.6 Å². The molecule has 1 atom stereocenters. The van der Waals surface area contributed by atoms with Crippen molar-refractivity contribution < 1.29 is 9.53 Å². The van der Waals surface area contributed by atoms with Crippen LogP contribution in [0, 0.1) is 0 Å². The predicted octanol–water partition coefficient (Wildman–Crippen LogP) is 3.63. The van der Waals surface area contributed by atoms with Gasteiger partial charge in [-0.2, -0.15) is 0 Å². The van der Waals surface area contributed by atoms with Crippen LogP contribution < -0.4 is 10.6 Å². The molecule has 3 N–H and O–H groups in total. The first-order chi connectivity index (χ1) is 15.1. The van der Waals surface area contributed by atoms with Crippen LogP contribution in [0.5, 0.6) is 0 Å². The number of aromatic nitrogens is 2. The highest BCUT2D eigenvalue weighted by Crippen LogP contribution is 2.35. The number of hydrogen-bond acceptors (Lipinski definition) is 4. The second-order valence-electron chi connectivity index (χ2n) is 8.05. The monoisotopic (exact) mass is 439 g/mol. The molecule has 2 aliphatic rings. The molecule has 1 aromatic carbocycles. The molecule has 4 heterocycles. The molecule has 5 rings (SSSR count). The van der Waals surface area contributed by atoms with Gasteiger partial charge < -0.3 is 25.3 Å². The number of urea groups is 1. The molecule has 3 aromatic rings. The van der Waals surface area contributed by atoms with Gasteiger partial charge in [0, 0.05) is 49.5 Å². The van der Waals surface area contributed by atoms with E-state index in [0.29, 0.717) is 31.3 Å². The average Bonchev–Trinajstić information content (AvgIpc) is 3.18. The number of morpholine rings is 1. The second-order valence-corrected chi connectivity index (χ2v) is 8.46. The summed E-state index contributed by atoms with van der Waals surface area (Å²) in [6, 6.07) is 6.63. The summed E-state index contributed by atoms with van der Waals surface area (Å²) in [6.07, 6.45) is 4.47. The van der Waals surface area contributed by atoms with Crippen LogP contribution in [0.25, 0.3) is 22.2 Å². The second kappa shape index (κ2) is 8.49. The van der Waals surface area contributed by atoms with E-state index in [1.165, 1.54) is 16.7 Å². The number of aromatic amines is 1. The summed E-state index contributed by atoms with van der Waals surface area (Å²) in [6.45, 7) is 6.04. The van der Waals surface area contributed by atoms with E-state index in [0.717, 1.165) is 41.7 Å². The Balaban J connectivity index is 1.57. The van der Waals surface area contributed by atoms with Crippen molar-refractivity contribution in [2.45, 2.75) is 25.9 Å². The lowest BCUT2D eigenvalue weighted by Crippen LogP contribution is -2.43. The Morgan fingerprint density at radius 3 is 3.06 bits per heavy atom. The van der Waals surface area contributed by atoms with Gasteiger partial charge in [0.1, 0.15) is 5.65 Å². The largest absolute Gasteiger partial charge is 0.378 e. The van der Waals surface area contributed by atoms with Crippen molar-refractivity contribution in [1.82, 2.24) is 25.5 Å². The van der Waals surface area contributed by atoms with Gasteiger partial charge in [-0.3, -0.25) is 0 Å². The zero-order valence-electron chi connectivity index (χ0n) is 17.5. The van der Waals surface area contributed by atoms with Crippen molar-refractivity contribution in [1.29, 1.82) is 0 Å². The van der Waals surface area contributed by atoms with Gasteiger partial charge in [0.2, 0.25) is 0 Å². The molecular weight excluding hydrogens is 414 g/mol. The van der Waals surface area contributed by atoms with Crippen LogP contribution in [0.1, 0.15) is 29.7 Å². The molecule has 2 aliphatic heterocycles. The molecule has 162 valence electrons. The molecule has 0 saturated carbocycles. The Morgan fingerprint density at radius 1 is 1.35 bits per heavy atom. The van der Waals surface area contributed by atoms with Crippen LogP contribution >= 0.6 is 11.6 Å². The Labute approximate surface area is 186 Å².